The Kier molecular flexibility index (Phi) is 4.40. The molecule has 1 unspecified atom stereocenters. The minimum absolute atomic E-state index is 0.387. The van der Waals surface area contributed by atoms with E-state index >= 15 is 0 Å². The number of nitrogens with zero attached hydrogens (tertiary/aromatic N) is 1. The molecular formula is C14H17NOS. The predicted molar refractivity (Wildman–Crippen MR) is 74.3 cm³/mol. The summed E-state index contributed by atoms with van der Waals surface area (Å²) in [7, 11) is 0. The molecule has 17 heavy (non-hydrogen) atoms. The minimum Gasteiger partial charge on any atom is -0.388 e. The van der Waals surface area contributed by atoms with Gasteiger partial charge >= 0.3 is 0 Å². The van der Waals surface area contributed by atoms with Gasteiger partial charge in [0, 0.05) is 17.8 Å². The molecule has 0 bridgehead atoms. The summed E-state index contributed by atoms with van der Waals surface area (Å²) in [6.45, 7) is 2.14. The zero-order chi connectivity index (χ0) is 12.1. The Balaban J connectivity index is 2.22. The average molecular weight is 247 g/mol. The molecule has 0 saturated carbocycles. The van der Waals surface area contributed by atoms with Crippen LogP contribution in [0.1, 0.15) is 25.0 Å². The van der Waals surface area contributed by atoms with Gasteiger partial charge in [0.25, 0.3) is 0 Å². The van der Waals surface area contributed by atoms with E-state index in [0.29, 0.717) is 0 Å². The van der Waals surface area contributed by atoms with Crippen LogP contribution in [0.4, 0.5) is 0 Å². The van der Waals surface area contributed by atoms with Gasteiger partial charge < -0.3 is 5.11 Å². The number of aliphatic hydroxyl groups is 1. The molecule has 2 aromatic rings. The van der Waals surface area contributed by atoms with Crippen LogP contribution in [0.2, 0.25) is 0 Å². The topological polar surface area (TPSA) is 33.1 Å². The highest BCUT2D eigenvalue weighted by Gasteiger charge is 2.10. The van der Waals surface area contributed by atoms with Gasteiger partial charge in [0.15, 0.2) is 0 Å². The van der Waals surface area contributed by atoms with Crippen molar-refractivity contribution in [1.29, 1.82) is 0 Å². The first kappa shape index (κ1) is 12.4. The number of thioether (sulfide) groups is 1. The van der Waals surface area contributed by atoms with Gasteiger partial charge in [-0.1, -0.05) is 25.1 Å². The normalized spacial score (nSPS) is 12.8. The Bertz CT molecular complexity index is 481. The number of hydrogen-bond acceptors (Lipinski definition) is 3. The molecule has 90 valence electrons. The molecule has 0 spiro atoms. The lowest BCUT2D eigenvalue weighted by Crippen LogP contribution is -2.00. The Morgan fingerprint density at radius 3 is 3.06 bits per heavy atom. The molecule has 3 heteroatoms. The predicted octanol–water partition coefficient (Wildman–Crippen LogP) is 3.41. The summed E-state index contributed by atoms with van der Waals surface area (Å²) in [5.74, 6) is 2.10. The van der Waals surface area contributed by atoms with Gasteiger partial charge in [-0.3, -0.25) is 4.98 Å². The fourth-order valence-corrected chi connectivity index (χ4v) is 2.60. The maximum atomic E-state index is 10.2. The van der Waals surface area contributed by atoms with Crippen molar-refractivity contribution in [2.24, 2.45) is 0 Å². The van der Waals surface area contributed by atoms with E-state index < -0.39 is 0 Å². The first-order valence-electron chi connectivity index (χ1n) is 5.91. The van der Waals surface area contributed by atoms with Crippen molar-refractivity contribution in [3.63, 3.8) is 0 Å². The summed E-state index contributed by atoms with van der Waals surface area (Å²) in [5, 5.41) is 12.4. The van der Waals surface area contributed by atoms with Gasteiger partial charge in [-0.2, -0.15) is 11.8 Å². The molecule has 0 aliphatic rings. The second-order valence-electron chi connectivity index (χ2n) is 3.95. The van der Waals surface area contributed by atoms with E-state index in [1.807, 2.05) is 42.2 Å². The maximum Gasteiger partial charge on any atom is 0.0804 e. The van der Waals surface area contributed by atoms with E-state index in [4.69, 9.17) is 0 Å². The van der Waals surface area contributed by atoms with E-state index in [2.05, 4.69) is 11.9 Å². The molecule has 1 aromatic carbocycles. The summed E-state index contributed by atoms with van der Waals surface area (Å²) >= 11 is 1.86. The van der Waals surface area contributed by atoms with Gasteiger partial charge in [0.2, 0.25) is 0 Å². The highest BCUT2D eigenvalue weighted by Crippen LogP contribution is 2.26. The van der Waals surface area contributed by atoms with Crippen LogP contribution in [0.3, 0.4) is 0 Å². The van der Waals surface area contributed by atoms with Crippen LogP contribution in [-0.2, 0) is 0 Å². The second-order valence-corrected chi connectivity index (χ2v) is 5.34. The molecule has 0 amide bonds. The van der Waals surface area contributed by atoms with Crippen molar-refractivity contribution in [2.75, 3.05) is 11.5 Å². The van der Waals surface area contributed by atoms with Crippen molar-refractivity contribution in [1.82, 2.24) is 4.98 Å². The van der Waals surface area contributed by atoms with E-state index in [1.165, 1.54) is 0 Å². The zero-order valence-corrected chi connectivity index (χ0v) is 10.8. The zero-order valence-electron chi connectivity index (χ0n) is 9.97. The summed E-state index contributed by atoms with van der Waals surface area (Å²) in [5.41, 5.74) is 0.993. The fraction of sp³-hybridized carbons (Fsp3) is 0.357. The van der Waals surface area contributed by atoms with E-state index in [-0.39, 0.29) is 6.10 Å². The van der Waals surface area contributed by atoms with Crippen molar-refractivity contribution in [3.8, 4) is 0 Å². The van der Waals surface area contributed by atoms with Crippen LogP contribution in [0, 0.1) is 0 Å². The molecule has 1 atom stereocenters. The quantitative estimate of drug-likeness (QED) is 0.822. The molecule has 2 rings (SSSR count). The molecular weight excluding hydrogens is 230 g/mol. The Morgan fingerprint density at radius 1 is 1.35 bits per heavy atom. The van der Waals surface area contributed by atoms with Crippen LogP contribution in [0.15, 0.2) is 36.7 Å². The SMILES string of the molecule is CCSCCC(O)c1cccc2ccncc12. The summed E-state index contributed by atoms with van der Waals surface area (Å²) in [4.78, 5) is 4.14. The molecule has 0 saturated heterocycles. The fourth-order valence-electron chi connectivity index (χ4n) is 1.92. The lowest BCUT2D eigenvalue weighted by atomic mass is 10.0. The first-order chi connectivity index (χ1) is 8.33. The van der Waals surface area contributed by atoms with Crippen LogP contribution >= 0.6 is 11.8 Å². The number of benzene rings is 1. The first-order valence-corrected chi connectivity index (χ1v) is 7.07. The monoisotopic (exact) mass is 247 g/mol. The lowest BCUT2D eigenvalue weighted by Gasteiger charge is -2.13. The number of aromatic nitrogens is 1. The molecule has 1 N–H and O–H groups in total. The van der Waals surface area contributed by atoms with Crippen molar-refractivity contribution in [2.45, 2.75) is 19.4 Å². The highest BCUT2D eigenvalue weighted by atomic mass is 32.2. The number of fused-ring (bicyclic) bond motifs is 1. The summed E-state index contributed by atoms with van der Waals surface area (Å²) in [6, 6.07) is 8.01. The van der Waals surface area contributed by atoms with E-state index in [9.17, 15) is 5.11 Å². The largest absolute Gasteiger partial charge is 0.388 e. The van der Waals surface area contributed by atoms with Crippen LogP contribution in [0.5, 0.6) is 0 Å². The molecule has 1 aromatic heterocycles. The summed E-state index contributed by atoms with van der Waals surface area (Å²) in [6.07, 6.45) is 4.03. The van der Waals surface area contributed by atoms with Crippen LogP contribution < -0.4 is 0 Å². The van der Waals surface area contributed by atoms with Crippen LogP contribution in [0.25, 0.3) is 10.8 Å². The van der Waals surface area contributed by atoms with Gasteiger partial charge in [0.05, 0.1) is 6.10 Å². The minimum atomic E-state index is -0.387. The van der Waals surface area contributed by atoms with Gasteiger partial charge in [-0.05, 0) is 34.9 Å². The number of hydrogen-bond donors (Lipinski definition) is 1. The second kappa shape index (κ2) is 6.03. The Morgan fingerprint density at radius 2 is 2.24 bits per heavy atom. The highest BCUT2D eigenvalue weighted by molar-refractivity contribution is 7.99. The third-order valence-electron chi connectivity index (χ3n) is 2.82. The lowest BCUT2D eigenvalue weighted by molar-refractivity contribution is 0.176. The smallest absolute Gasteiger partial charge is 0.0804 e. The number of rotatable bonds is 5. The average Bonchev–Trinajstić information content (AvgIpc) is 2.38. The molecule has 0 aliphatic heterocycles. The summed E-state index contributed by atoms with van der Waals surface area (Å²) < 4.78 is 0. The Hall–Kier alpha value is -1.06. The molecule has 1 heterocycles. The van der Waals surface area contributed by atoms with Gasteiger partial charge in [-0.15, -0.1) is 0 Å². The van der Waals surface area contributed by atoms with E-state index in [0.717, 1.165) is 34.3 Å². The molecule has 0 radical (unpaired) electrons. The third-order valence-corrected chi connectivity index (χ3v) is 3.75. The third kappa shape index (κ3) is 2.99. The number of pyridine rings is 1. The maximum absolute atomic E-state index is 10.2. The molecule has 0 fully saturated rings. The van der Waals surface area contributed by atoms with Gasteiger partial charge in [-0.25, -0.2) is 0 Å². The van der Waals surface area contributed by atoms with Crippen molar-refractivity contribution in [3.05, 3.63) is 42.2 Å². The van der Waals surface area contributed by atoms with Crippen molar-refractivity contribution < 1.29 is 5.11 Å². The Labute approximate surface area is 106 Å². The van der Waals surface area contributed by atoms with E-state index in [1.54, 1.807) is 6.20 Å². The van der Waals surface area contributed by atoms with Crippen molar-refractivity contribution >= 4 is 22.5 Å². The number of aliphatic hydroxyl groups excluding tert-OH is 1. The molecule has 2 nitrogen and oxygen atoms in total. The standard InChI is InChI=1S/C14H17NOS/c1-2-17-9-7-14(16)12-5-3-4-11-6-8-15-10-13(11)12/h3-6,8,10,14,16H,2,7,9H2,1H3. The molecule has 0 aliphatic carbocycles. The van der Waals surface area contributed by atoms with Gasteiger partial charge in [0.1, 0.15) is 0 Å². The van der Waals surface area contributed by atoms with Crippen LogP contribution in [-0.4, -0.2) is 21.6 Å².